The van der Waals surface area contributed by atoms with E-state index >= 15 is 0 Å². The number of oxazole rings is 1. The lowest BCUT2D eigenvalue weighted by molar-refractivity contribution is 0.516. The van der Waals surface area contributed by atoms with Gasteiger partial charge in [-0.05, 0) is 36.8 Å². The van der Waals surface area contributed by atoms with Crippen LogP contribution in [-0.2, 0) is 6.54 Å². The van der Waals surface area contributed by atoms with Crippen LogP contribution >= 0.6 is 11.6 Å². The molecule has 4 aromatic rings. The number of benzene rings is 2. The number of aromatic nitrogens is 4. The van der Waals surface area contributed by atoms with Gasteiger partial charge in [0, 0.05) is 0 Å². The van der Waals surface area contributed by atoms with Gasteiger partial charge < -0.3 is 4.42 Å². The van der Waals surface area contributed by atoms with Crippen molar-refractivity contribution in [2.24, 2.45) is 0 Å². The van der Waals surface area contributed by atoms with E-state index in [1.54, 1.807) is 16.9 Å². The lowest BCUT2D eigenvalue weighted by atomic mass is 10.2. The van der Waals surface area contributed by atoms with Crippen molar-refractivity contribution in [3.05, 3.63) is 75.5 Å². The summed E-state index contributed by atoms with van der Waals surface area (Å²) < 4.78 is 8.42. The molecule has 0 radical (unpaired) electrons. The first-order chi connectivity index (χ1) is 11.6. The van der Waals surface area contributed by atoms with Gasteiger partial charge in [-0.25, -0.2) is 9.48 Å². The molecule has 6 nitrogen and oxygen atoms in total. The molecule has 4 rings (SSSR count). The van der Waals surface area contributed by atoms with Crippen molar-refractivity contribution in [2.75, 3.05) is 0 Å². The average Bonchev–Trinajstić information content (AvgIpc) is 3.13. The number of nitrogens with zero attached hydrogens (tertiary/aromatic N) is 4. The summed E-state index contributed by atoms with van der Waals surface area (Å²) >= 11 is 6.17. The third-order valence-corrected chi connectivity index (χ3v) is 4.10. The number of rotatable bonds is 3. The van der Waals surface area contributed by atoms with Crippen LogP contribution in [0.15, 0.2) is 57.9 Å². The van der Waals surface area contributed by atoms with Gasteiger partial charge in [0.1, 0.15) is 5.69 Å². The first kappa shape index (κ1) is 14.7. The summed E-state index contributed by atoms with van der Waals surface area (Å²) in [5.41, 5.74) is 3.71. The Bertz CT molecular complexity index is 1090. The molecule has 2 aromatic carbocycles. The van der Waals surface area contributed by atoms with Crippen LogP contribution < -0.4 is 5.76 Å². The largest absolute Gasteiger partial charge is 0.420 e. The fourth-order valence-electron chi connectivity index (χ4n) is 2.61. The lowest BCUT2D eigenvalue weighted by Gasteiger charge is -2.01. The quantitative estimate of drug-likeness (QED) is 0.574. The molecule has 0 spiro atoms. The topological polar surface area (TPSA) is 65.8 Å². The van der Waals surface area contributed by atoms with Crippen LogP contribution in [0.5, 0.6) is 0 Å². The highest BCUT2D eigenvalue weighted by atomic mass is 35.5. The molecule has 0 amide bonds. The average molecular weight is 341 g/mol. The number of hydrogen-bond donors (Lipinski definition) is 0. The van der Waals surface area contributed by atoms with Gasteiger partial charge in [-0.15, -0.1) is 5.10 Å². The van der Waals surface area contributed by atoms with Crippen LogP contribution in [0, 0.1) is 6.92 Å². The molecule has 0 aliphatic rings. The third-order valence-electron chi connectivity index (χ3n) is 3.78. The number of aryl methyl sites for hydroxylation is 1. The smallest absolute Gasteiger partial charge is 0.408 e. The first-order valence-electron chi connectivity index (χ1n) is 7.38. The van der Waals surface area contributed by atoms with Crippen molar-refractivity contribution >= 4 is 22.7 Å². The number of fused-ring (bicyclic) bond motifs is 1. The van der Waals surface area contributed by atoms with Crippen LogP contribution in [0.2, 0.25) is 5.02 Å². The molecular weight excluding hydrogens is 328 g/mol. The van der Waals surface area contributed by atoms with Crippen LogP contribution in [-0.4, -0.2) is 19.6 Å². The Morgan fingerprint density at radius 2 is 2.04 bits per heavy atom. The minimum absolute atomic E-state index is 0.277. The molecule has 2 heterocycles. The minimum atomic E-state index is -0.414. The maximum absolute atomic E-state index is 12.1. The molecule has 0 unspecified atom stereocenters. The Balaban J connectivity index is 1.71. The van der Waals surface area contributed by atoms with Gasteiger partial charge in [0.2, 0.25) is 0 Å². The van der Waals surface area contributed by atoms with E-state index < -0.39 is 5.76 Å². The summed E-state index contributed by atoms with van der Waals surface area (Å²) in [6.45, 7) is 2.23. The van der Waals surface area contributed by atoms with Gasteiger partial charge >= 0.3 is 5.76 Å². The summed E-state index contributed by atoms with van der Waals surface area (Å²) in [5, 5.41) is 8.79. The molecule has 2 aromatic heterocycles. The fourth-order valence-corrected chi connectivity index (χ4v) is 2.83. The van der Waals surface area contributed by atoms with E-state index in [9.17, 15) is 4.79 Å². The third kappa shape index (κ3) is 2.51. The van der Waals surface area contributed by atoms with Gasteiger partial charge in [0.25, 0.3) is 0 Å². The molecule has 0 aliphatic heterocycles. The van der Waals surface area contributed by atoms with E-state index in [1.165, 1.54) is 4.57 Å². The maximum atomic E-state index is 12.1. The van der Waals surface area contributed by atoms with Crippen LogP contribution in [0.25, 0.3) is 16.8 Å². The summed E-state index contributed by atoms with van der Waals surface area (Å²) in [6.07, 6.45) is 1.75. The highest BCUT2D eigenvalue weighted by molar-refractivity contribution is 6.32. The molecule has 7 heteroatoms. The maximum Gasteiger partial charge on any atom is 0.420 e. The molecule has 120 valence electrons. The van der Waals surface area contributed by atoms with E-state index in [-0.39, 0.29) is 6.54 Å². The monoisotopic (exact) mass is 340 g/mol. The van der Waals surface area contributed by atoms with Crippen LogP contribution in [0.4, 0.5) is 0 Å². The highest BCUT2D eigenvalue weighted by Crippen LogP contribution is 2.19. The fraction of sp³-hybridized carbons (Fsp3) is 0.118. The predicted octanol–water partition coefficient (Wildman–Crippen LogP) is 3.19. The molecule has 0 saturated heterocycles. The van der Waals surface area contributed by atoms with Gasteiger partial charge in [-0.3, -0.25) is 4.57 Å². The normalized spacial score (nSPS) is 11.2. The molecular formula is C17H13ClN4O2. The van der Waals surface area contributed by atoms with Crippen LogP contribution in [0.1, 0.15) is 11.3 Å². The van der Waals surface area contributed by atoms with Gasteiger partial charge in [-0.1, -0.05) is 35.0 Å². The number of para-hydroxylation sites is 1. The zero-order valence-electron chi connectivity index (χ0n) is 12.8. The Morgan fingerprint density at radius 3 is 2.88 bits per heavy atom. The van der Waals surface area contributed by atoms with E-state index in [2.05, 4.69) is 10.3 Å². The van der Waals surface area contributed by atoms with E-state index in [1.807, 2.05) is 43.3 Å². The Labute approximate surface area is 141 Å². The standard InChI is InChI=1S/C17H13ClN4O2/c1-11-6-7-15-16(8-11)24-17(23)21(15)9-12-10-22(20-19-12)14-5-3-2-4-13(14)18/h2-8,10H,9H2,1H3. The highest BCUT2D eigenvalue weighted by Gasteiger charge is 2.12. The Morgan fingerprint density at radius 1 is 1.21 bits per heavy atom. The number of halogens is 1. The summed E-state index contributed by atoms with van der Waals surface area (Å²) in [7, 11) is 0. The minimum Gasteiger partial charge on any atom is -0.408 e. The molecule has 0 atom stereocenters. The molecule has 0 aliphatic carbocycles. The molecule has 0 saturated carbocycles. The van der Waals surface area contributed by atoms with E-state index in [0.717, 1.165) is 16.8 Å². The second kappa shape index (κ2) is 5.65. The summed E-state index contributed by atoms with van der Waals surface area (Å²) in [4.78, 5) is 12.1. The predicted molar refractivity (Wildman–Crippen MR) is 90.7 cm³/mol. The second-order valence-electron chi connectivity index (χ2n) is 5.53. The lowest BCUT2D eigenvalue weighted by Crippen LogP contribution is -2.15. The zero-order valence-corrected chi connectivity index (χ0v) is 13.6. The van der Waals surface area contributed by atoms with Gasteiger partial charge in [-0.2, -0.15) is 0 Å². The van der Waals surface area contributed by atoms with Crippen molar-refractivity contribution in [3.63, 3.8) is 0 Å². The van der Waals surface area contributed by atoms with Crippen molar-refractivity contribution in [3.8, 4) is 5.69 Å². The van der Waals surface area contributed by atoms with Gasteiger partial charge in [0.15, 0.2) is 5.58 Å². The molecule has 0 N–H and O–H groups in total. The second-order valence-corrected chi connectivity index (χ2v) is 5.94. The number of hydrogen-bond acceptors (Lipinski definition) is 4. The first-order valence-corrected chi connectivity index (χ1v) is 7.76. The molecule has 0 bridgehead atoms. The molecule has 24 heavy (non-hydrogen) atoms. The van der Waals surface area contributed by atoms with Crippen molar-refractivity contribution in [1.29, 1.82) is 0 Å². The van der Waals surface area contributed by atoms with Crippen molar-refractivity contribution < 1.29 is 4.42 Å². The SMILES string of the molecule is Cc1ccc2c(c1)oc(=O)n2Cc1cn(-c2ccccc2Cl)nn1. The Hall–Kier alpha value is -2.86. The van der Waals surface area contributed by atoms with E-state index in [4.69, 9.17) is 16.0 Å². The van der Waals surface area contributed by atoms with Crippen molar-refractivity contribution in [2.45, 2.75) is 13.5 Å². The van der Waals surface area contributed by atoms with Crippen molar-refractivity contribution in [1.82, 2.24) is 19.6 Å². The van der Waals surface area contributed by atoms with Gasteiger partial charge in [0.05, 0.1) is 29.0 Å². The summed E-state index contributed by atoms with van der Waals surface area (Å²) in [5.74, 6) is -0.414. The summed E-state index contributed by atoms with van der Waals surface area (Å²) in [6, 6.07) is 13.0. The van der Waals surface area contributed by atoms with Crippen LogP contribution in [0.3, 0.4) is 0 Å². The Kier molecular flexibility index (Phi) is 3.46. The zero-order chi connectivity index (χ0) is 16.7. The molecule has 0 fully saturated rings. The van der Waals surface area contributed by atoms with E-state index in [0.29, 0.717) is 16.3 Å².